The third-order valence-electron chi connectivity index (χ3n) is 5.52. The fourth-order valence-electron chi connectivity index (χ4n) is 4.09. The fourth-order valence-corrected chi connectivity index (χ4v) is 4.09. The number of carbonyl (C=O) groups excluding carboxylic acids is 1. The van der Waals surface area contributed by atoms with Gasteiger partial charge in [-0.1, -0.05) is 30.3 Å². The summed E-state index contributed by atoms with van der Waals surface area (Å²) in [6.45, 7) is 6.12. The molecule has 1 atom stereocenters. The van der Waals surface area contributed by atoms with Gasteiger partial charge in [-0.3, -0.25) is 9.48 Å². The number of benzene rings is 1. The fraction of sp³-hybridized carbons (Fsp3) is 0.545. The van der Waals surface area contributed by atoms with Gasteiger partial charge < -0.3 is 9.64 Å². The van der Waals surface area contributed by atoms with Crippen LogP contribution in [-0.2, 0) is 22.5 Å². The highest BCUT2D eigenvalue weighted by Gasteiger charge is 2.42. The zero-order chi connectivity index (χ0) is 19.0. The summed E-state index contributed by atoms with van der Waals surface area (Å²) in [6, 6.07) is 12.4. The van der Waals surface area contributed by atoms with Crippen molar-refractivity contribution in [1.82, 2.24) is 14.7 Å². The van der Waals surface area contributed by atoms with E-state index in [9.17, 15) is 4.79 Å². The summed E-state index contributed by atoms with van der Waals surface area (Å²) in [5, 5.41) is 4.27. The minimum Gasteiger partial charge on any atom is -0.466 e. The molecule has 146 valence electrons. The largest absolute Gasteiger partial charge is 0.466 e. The van der Waals surface area contributed by atoms with Crippen LogP contribution in [0.4, 0.5) is 0 Å². The predicted molar refractivity (Wildman–Crippen MR) is 106 cm³/mol. The molecule has 0 N–H and O–H groups in total. The molecule has 0 bridgehead atoms. The predicted octanol–water partition coefficient (Wildman–Crippen LogP) is 3.55. The molecule has 1 fully saturated rings. The van der Waals surface area contributed by atoms with E-state index in [1.165, 1.54) is 5.56 Å². The molecule has 0 spiro atoms. The van der Waals surface area contributed by atoms with Gasteiger partial charge in [0.05, 0.1) is 12.0 Å². The number of nitrogens with zero attached hydrogens (tertiary/aromatic N) is 3. The molecule has 2 aromatic rings. The van der Waals surface area contributed by atoms with Gasteiger partial charge in [0.1, 0.15) is 0 Å². The molecule has 27 heavy (non-hydrogen) atoms. The van der Waals surface area contributed by atoms with E-state index in [4.69, 9.17) is 4.74 Å². The Morgan fingerprint density at radius 3 is 2.81 bits per heavy atom. The second-order valence-corrected chi connectivity index (χ2v) is 7.49. The monoisotopic (exact) mass is 369 g/mol. The molecule has 1 aliphatic rings. The summed E-state index contributed by atoms with van der Waals surface area (Å²) in [7, 11) is 0. The number of piperidine rings is 1. The molecular weight excluding hydrogens is 338 g/mol. The van der Waals surface area contributed by atoms with E-state index >= 15 is 0 Å². The first-order chi connectivity index (χ1) is 13.2. The number of ether oxygens (including phenoxy) is 1. The molecule has 5 nitrogen and oxygen atoms in total. The average molecular weight is 370 g/mol. The minimum absolute atomic E-state index is 0.0160. The Hall–Kier alpha value is -2.14. The van der Waals surface area contributed by atoms with Crippen LogP contribution in [0.3, 0.4) is 0 Å². The third-order valence-corrected chi connectivity index (χ3v) is 5.52. The summed E-state index contributed by atoms with van der Waals surface area (Å²) in [5.74, 6) is -0.0160. The second-order valence-electron chi connectivity index (χ2n) is 7.49. The number of aromatic nitrogens is 2. The molecule has 0 amide bonds. The van der Waals surface area contributed by atoms with Crippen molar-refractivity contribution in [2.45, 2.75) is 45.6 Å². The number of hydrogen-bond donors (Lipinski definition) is 0. The smallest absolute Gasteiger partial charge is 0.313 e. The maximum Gasteiger partial charge on any atom is 0.313 e. The molecule has 3 rings (SSSR count). The summed E-state index contributed by atoms with van der Waals surface area (Å²) < 4.78 is 7.48. The first kappa shape index (κ1) is 19.6. The molecule has 0 unspecified atom stereocenters. The highest BCUT2D eigenvalue weighted by Crippen LogP contribution is 2.36. The molecule has 0 radical (unpaired) electrons. The lowest BCUT2D eigenvalue weighted by molar-refractivity contribution is -0.159. The van der Waals surface area contributed by atoms with E-state index in [1.807, 2.05) is 36.1 Å². The van der Waals surface area contributed by atoms with Gasteiger partial charge in [-0.25, -0.2) is 0 Å². The van der Waals surface area contributed by atoms with Crippen LogP contribution in [0.15, 0.2) is 48.8 Å². The van der Waals surface area contributed by atoms with Crippen LogP contribution >= 0.6 is 0 Å². The van der Waals surface area contributed by atoms with E-state index in [0.29, 0.717) is 6.61 Å². The summed E-state index contributed by atoms with van der Waals surface area (Å²) in [6.07, 6.45) is 8.60. The van der Waals surface area contributed by atoms with Gasteiger partial charge in [-0.15, -0.1) is 0 Å². The molecule has 1 saturated heterocycles. The quantitative estimate of drug-likeness (QED) is 0.634. The maximum absolute atomic E-state index is 12.9. The van der Waals surface area contributed by atoms with Crippen LogP contribution in [0.25, 0.3) is 0 Å². The van der Waals surface area contributed by atoms with E-state index in [2.05, 4.69) is 34.3 Å². The first-order valence-corrected chi connectivity index (χ1v) is 10.1. The molecule has 0 saturated carbocycles. The number of esters is 1. The normalized spacial score (nSPS) is 20.5. The van der Waals surface area contributed by atoms with Gasteiger partial charge in [0.2, 0.25) is 0 Å². The van der Waals surface area contributed by atoms with Gasteiger partial charge in [0, 0.05) is 25.5 Å². The van der Waals surface area contributed by atoms with Crippen molar-refractivity contribution < 1.29 is 9.53 Å². The Morgan fingerprint density at radius 2 is 2.07 bits per heavy atom. The Bertz CT molecular complexity index is 687. The molecule has 0 aliphatic carbocycles. The zero-order valence-electron chi connectivity index (χ0n) is 16.3. The Labute approximate surface area is 162 Å². The lowest BCUT2D eigenvalue weighted by atomic mass is 9.75. The number of rotatable bonds is 9. The SMILES string of the molecule is CCOC(=O)[C@@]1(CCc2ccccc2)CCCN(CCCn2cccn2)C1. The first-order valence-electron chi connectivity index (χ1n) is 10.1. The van der Waals surface area contributed by atoms with E-state index < -0.39 is 0 Å². The van der Waals surface area contributed by atoms with Crippen molar-refractivity contribution in [1.29, 1.82) is 0 Å². The van der Waals surface area contributed by atoms with Gasteiger partial charge in [-0.2, -0.15) is 5.10 Å². The molecule has 2 heterocycles. The number of carbonyl (C=O) groups is 1. The highest BCUT2D eigenvalue weighted by atomic mass is 16.5. The van der Waals surface area contributed by atoms with Gasteiger partial charge in [-0.05, 0) is 63.7 Å². The minimum atomic E-state index is -0.379. The Morgan fingerprint density at radius 1 is 1.22 bits per heavy atom. The summed E-state index contributed by atoms with van der Waals surface area (Å²) in [4.78, 5) is 15.3. The topological polar surface area (TPSA) is 47.4 Å². The van der Waals surface area contributed by atoms with Crippen molar-refractivity contribution >= 4 is 5.97 Å². The highest BCUT2D eigenvalue weighted by molar-refractivity contribution is 5.77. The molecule has 1 aromatic heterocycles. The van der Waals surface area contributed by atoms with Crippen molar-refractivity contribution in [2.24, 2.45) is 5.41 Å². The van der Waals surface area contributed by atoms with Gasteiger partial charge in [0.25, 0.3) is 0 Å². The van der Waals surface area contributed by atoms with Crippen molar-refractivity contribution in [3.05, 3.63) is 54.4 Å². The standard InChI is InChI=1S/C22H31N3O2/c1-2-27-21(26)22(13-11-20-9-4-3-5-10-20)12-6-15-24(19-22)16-8-18-25-17-7-14-23-25/h3-5,7,9-10,14,17H,2,6,8,11-13,15-16,18-19H2,1H3/t22-/m1/s1. The number of likely N-dealkylation sites (tertiary alicyclic amines) is 1. The van der Waals surface area contributed by atoms with Crippen LogP contribution in [-0.4, -0.2) is 46.9 Å². The number of hydrogen-bond acceptors (Lipinski definition) is 4. The number of aryl methyl sites for hydroxylation is 2. The Kier molecular flexibility index (Phi) is 7.04. The van der Waals surface area contributed by atoms with Crippen molar-refractivity contribution in [3.8, 4) is 0 Å². The van der Waals surface area contributed by atoms with Gasteiger partial charge >= 0.3 is 5.97 Å². The second kappa shape index (κ2) is 9.70. The van der Waals surface area contributed by atoms with E-state index in [-0.39, 0.29) is 11.4 Å². The van der Waals surface area contributed by atoms with E-state index in [1.54, 1.807) is 0 Å². The summed E-state index contributed by atoms with van der Waals surface area (Å²) >= 11 is 0. The van der Waals surface area contributed by atoms with Crippen LogP contribution in [0.2, 0.25) is 0 Å². The van der Waals surface area contributed by atoms with Crippen LogP contribution < -0.4 is 0 Å². The van der Waals surface area contributed by atoms with Crippen LogP contribution in [0.5, 0.6) is 0 Å². The molecule has 1 aromatic carbocycles. The van der Waals surface area contributed by atoms with Crippen molar-refractivity contribution in [2.75, 3.05) is 26.2 Å². The van der Waals surface area contributed by atoms with Crippen LogP contribution in [0, 0.1) is 5.41 Å². The van der Waals surface area contributed by atoms with Crippen molar-refractivity contribution in [3.63, 3.8) is 0 Å². The van der Waals surface area contributed by atoms with Gasteiger partial charge in [0.15, 0.2) is 0 Å². The molecule has 5 heteroatoms. The maximum atomic E-state index is 12.9. The van der Waals surface area contributed by atoms with E-state index in [0.717, 1.165) is 58.3 Å². The van der Waals surface area contributed by atoms with Crippen LogP contribution in [0.1, 0.15) is 38.2 Å². The molecular formula is C22H31N3O2. The molecule has 1 aliphatic heterocycles. The average Bonchev–Trinajstić information content (AvgIpc) is 3.21. The lowest BCUT2D eigenvalue weighted by Crippen LogP contribution is -2.49. The lowest BCUT2D eigenvalue weighted by Gasteiger charge is -2.41. The zero-order valence-corrected chi connectivity index (χ0v) is 16.3. The Balaban J connectivity index is 1.61. The summed E-state index contributed by atoms with van der Waals surface area (Å²) in [5.41, 5.74) is 0.910. The third kappa shape index (κ3) is 5.42.